The highest BCUT2D eigenvalue weighted by Gasteiger charge is 2.23. The maximum atomic E-state index is 6.52. The lowest BCUT2D eigenvalue weighted by Crippen LogP contribution is -2.11. The van der Waals surface area contributed by atoms with Crippen LogP contribution in [0, 0.1) is 0 Å². The number of anilines is 3. The number of para-hydroxylation sites is 2. The standard InChI is InChI=1S/C54H35NO2/c1-3-12-36(13-4-1)38-22-24-41(25-23-38)52-47(34-35-51-54(52)46-17-8-10-20-49(46)57-51)55(42-30-26-39(27-31-42)37-14-5-2-6-15-37)43-32-28-40(29-33-43)44-18-11-21-50-53(44)45-16-7-9-19-48(45)56-50/h1-35H. The van der Waals surface area contributed by atoms with Gasteiger partial charge in [-0.3, -0.25) is 0 Å². The molecule has 0 radical (unpaired) electrons. The highest BCUT2D eigenvalue weighted by Crippen LogP contribution is 2.48. The van der Waals surface area contributed by atoms with Crippen molar-refractivity contribution in [2.75, 3.05) is 4.90 Å². The van der Waals surface area contributed by atoms with Gasteiger partial charge in [-0.1, -0.05) is 158 Å². The normalized spacial score (nSPS) is 11.5. The summed E-state index contributed by atoms with van der Waals surface area (Å²) in [5.41, 5.74) is 15.9. The summed E-state index contributed by atoms with van der Waals surface area (Å²) in [6.45, 7) is 0. The fourth-order valence-corrected chi connectivity index (χ4v) is 8.41. The van der Waals surface area contributed by atoms with E-state index in [1.54, 1.807) is 0 Å². The molecule has 0 unspecified atom stereocenters. The summed E-state index contributed by atoms with van der Waals surface area (Å²) >= 11 is 0. The van der Waals surface area contributed by atoms with Crippen LogP contribution in [-0.4, -0.2) is 0 Å². The van der Waals surface area contributed by atoms with Crippen LogP contribution in [0.2, 0.25) is 0 Å². The zero-order valence-electron chi connectivity index (χ0n) is 31.0. The molecule has 0 atom stereocenters. The van der Waals surface area contributed by atoms with Gasteiger partial charge < -0.3 is 13.7 Å². The van der Waals surface area contributed by atoms with Gasteiger partial charge in [0.15, 0.2) is 0 Å². The number of fused-ring (bicyclic) bond motifs is 6. The van der Waals surface area contributed by atoms with Crippen LogP contribution in [0.5, 0.6) is 0 Å². The lowest BCUT2D eigenvalue weighted by atomic mass is 9.94. The molecule has 0 spiro atoms. The van der Waals surface area contributed by atoms with E-state index in [9.17, 15) is 0 Å². The molecule has 2 aromatic heterocycles. The number of hydrogen-bond donors (Lipinski definition) is 0. The molecule has 0 amide bonds. The summed E-state index contributed by atoms with van der Waals surface area (Å²) in [5.74, 6) is 0. The van der Waals surface area contributed by atoms with Crippen molar-refractivity contribution in [3.8, 4) is 44.5 Å². The molecule has 0 aliphatic carbocycles. The van der Waals surface area contributed by atoms with E-state index in [-0.39, 0.29) is 0 Å². The Kier molecular flexibility index (Phi) is 7.82. The topological polar surface area (TPSA) is 29.5 Å². The van der Waals surface area contributed by atoms with Crippen LogP contribution >= 0.6 is 0 Å². The molecule has 0 saturated carbocycles. The third kappa shape index (κ3) is 5.68. The Hall–Kier alpha value is -7.62. The van der Waals surface area contributed by atoms with Gasteiger partial charge in [-0.15, -0.1) is 0 Å². The predicted octanol–water partition coefficient (Wildman–Crippen LogP) is 15.6. The number of benzene rings is 9. The zero-order chi connectivity index (χ0) is 37.7. The second-order valence-corrected chi connectivity index (χ2v) is 14.4. The van der Waals surface area contributed by atoms with Gasteiger partial charge in [0.05, 0.1) is 5.69 Å². The fourth-order valence-electron chi connectivity index (χ4n) is 8.41. The molecule has 9 aromatic carbocycles. The molecule has 2 heterocycles. The van der Waals surface area contributed by atoms with Crippen LogP contribution in [0.15, 0.2) is 221 Å². The Morgan fingerprint density at radius 2 is 0.719 bits per heavy atom. The van der Waals surface area contributed by atoms with E-state index in [1.165, 1.54) is 22.3 Å². The Labute approximate surface area is 330 Å². The summed E-state index contributed by atoms with van der Waals surface area (Å²) in [7, 11) is 0. The lowest BCUT2D eigenvalue weighted by molar-refractivity contribution is 0.668. The number of nitrogens with zero attached hydrogens (tertiary/aromatic N) is 1. The largest absolute Gasteiger partial charge is 0.456 e. The lowest BCUT2D eigenvalue weighted by Gasteiger charge is -2.29. The van der Waals surface area contributed by atoms with E-state index in [4.69, 9.17) is 8.83 Å². The molecule has 0 saturated heterocycles. The van der Waals surface area contributed by atoms with Crippen molar-refractivity contribution < 1.29 is 8.83 Å². The van der Waals surface area contributed by atoms with Gasteiger partial charge in [0, 0.05) is 38.5 Å². The van der Waals surface area contributed by atoms with Crippen molar-refractivity contribution >= 4 is 60.9 Å². The van der Waals surface area contributed by atoms with Crippen molar-refractivity contribution in [1.82, 2.24) is 0 Å². The Morgan fingerprint density at radius 1 is 0.281 bits per heavy atom. The third-order valence-corrected chi connectivity index (χ3v) is 11.1. The minimum Gasteiger partial charge on any atom is -0.456 e. The monoisotopic (exact) mass is 729 g/mol. The molecule has 11 rings (SSSR count). The van der Waals surface area contributed by atoms with Gasteiger partial charge >= 0.3 is 0 Å². The Bertz CT molecular complexity index is 3200. The maximum Gasteiger partial charge on any atom is 0.136 e. The predicted molar refractivity (Wildman–Crippen MR) is 237 cm³/mol. The first-order valence-corrected chi connectivity index (χ1v) is 19.3. The molecule has 57 heavy (non-hydrogen) atoms. The zero-order valence-corrected chi connectivity index (χ0v) is 31.0. The van der Waals surface area contributed by atoms with E-state index >= 15 is 0 Å². The van der Waals surface area contributed by atoms with Gasteiger partial charge in [-0.2, -0.15) is 0 Å². The van der Waals surface area contributed by atoms with Gasteiger partial charge in [0.25, 0.3) is 0 Å². The molecule has 11 aromatic rings. The van der Waals surface area contributed by atoms with E-state index in [0.717, 1.165) is 83.2 Å². The Balaban J connectivity index is 1.12. The molecule has 268 valence electrons. The van der Waals surface area contributed by atoms with Gasteiger partial charge in [-0.05, 0) is 93.5 Å². The van der Waals surface area contributed by atoms with Crippen LogP contribution in [0.25, 0.3) is 88.4 Å². The van der Waals surface area contributed by atoms with Crippen LogP contribution < -0.4 is 4.90 Å². The minimum absolute atomic E-state index is 0.859. The van der Waals surface area contributed by atoms with Crippen LogP contribution in [0.1, 0.15) is 0 Å². The molecule has 0 aliphatic heterocycles. The van der Waals surface area contributed by atoms with Crippen molar-refractivity contribution in [1.29, 1.82) is 0 Å². The smallest absolute Gasteiger partial charge is 0.136 e. The van der Waals surface area contributed by atoms with Crippen LogP contribution in [0.3, 0.4) is 0 Å². The summed E-state index contributed by atoms with van der Waals surface area (Å²) in [4.78, 5) is 2.38. The van der Waals surface area contributed by atoms with Crippen LogP contribution in [-0.2, 0) is 0 Å². The molecule has 0 aliphatic rings. The van der Waals surface area contributed by atoms with Crippen molar-refractivity contribution in [2.45, 2.75) is 0 Å². The number of hydrogen-bond acceptors (Lipinski definition) is 3. The SMILES string of the molecule is c1ccc(-c2ccc(-c3c(N(c4ccc(-c5ccccc5)cc4)c4ccc(-c5cccc6oc7ccccc7c56)cc4)ccc4oc5ccccc5c34)cc2)cc1. The summed E-state index contributed by atoms with van der Waals surface area (Å²) in [6.07, 6.45) is 0. The van der Waals surface area contributed by atoms with E-state index in [2.05, 4.69) is 199 Å². The highest BCUT2D eigenvalue weighted by atomic mass is 16.3. The molecular weight excluding hydrogens is 695 g/mol. The van der Waals surface area contributed by atoms with Gasteiger partial charge in [0.2, 0.25) is 0 Å². The van der Waals surface area contributed by atoms with Crippen molar-refractivity contribution in [2.24, 2.45) is 0 Å². The first kappa shape index (κ1) is 32.8. The molecule has 3 heteroatoms. The third-order valence-electron chi connectivity index (χ3n) is 11.1. The van der Waals surface area contributed by atoms with E-state index in [1.807, 2.05) is 18.2 Å². The van der Waals surface area contributed by atoms with Gasteiger partial charge in [-0.25, -0.2) is 0 Å². The number of rotatable bonds is 7. The second kappa shape index (κ2) is 13.6. The average molecular weight is 730 g/mol. The summed E-state index contributed by atoms with van der Waals surface area (Å²) in [6, 6.07) is 75.2. The molecular formula is C54H35NO2. The second-order valence-electron chi connectivity index (χ2n) is 14.4. The van der Waals surface area contributed by atoms with Crippen LogP contribution in [0.4, 0.5) is 17.1 Å². The summed E-state index contributed by atoms with van der Waals surface area (Å²) < 4.78 is 12.8. The first-order chi connectivity index (χ1) is 28.3. The van der Waals surface area contributed by atoms with Crippen molar-refractivity contribution in [3.05, 3.63) is 212 Å². The fraction of sp³-hybridized carbons (Fsp3) is 0. The van der Waals surface area contributed by atoms with E-state index < -0.39 is 0 Å². The van der Waals surface area contributed by atoms with Crippen molar-refractivity contribution in [3.63, 3.8) is 0 Å². The highest BCUT2D eigenvalue weighted by molar-refractivity contribution is 6.17. The quantitative estimate of drug-likeness (QED) is 0.164. The number of furan rings is 2. The average Bonchev–Trinajstić information content (AvgIpc) is 3.86. The summed E-state index contributed by atoms with van der Waals surface area (Å²) in [5, 5.41) is 4.44. The molecule has 0 bridgehead atoms. The molecule has 0 fully saturated rings. The first-order valence-electron chi connectivity index (χ1n) is 19.3. The van der Waals surface area contributed by atoms with E-state index in [0.29, 0.717) is 0 Å². The van der Waals surface area contributed by atoms with Gasteiger partial charge in [0.1, 0.15) is 22.3 Å². The maximum absolute atomic E-state index is 6.52. The Morgan fingerprint density at radius 3 is 1.32 bits per heavy atom. The minimum atomic E-state index is 0.859. The molecule has 0 N–H and O–H groups in total. The molecule has 3 nitrogen and oxygen atoms in total.